The van der Waals surface area contributed by atoms with E-state index in [-0.39, 0.29) is 16.7 Å². The Labute approximate surface area is 130 Å². The summed E-state index contributed by atoms with van der Waals surface area (Å²) in [4.78, 5) is 13.9. The molecule has 21 heavy (non-hydrogen) atoms. The highest BCUT2D eigenvalue weighted by Crippen LogP contribution is 2.26. The van der Waals surface area contributed by atoms with E-state index in [0.717, 1.165) is 0 Å². The summed E-state index contributed by atoms with van der Waals surface area (Å²) in [6.07, 6.45) is 0. The Balaban J connectivity index is 2.22. The lowest BCUT2D eigenvalue weighted by molar-refractivity contribution is 0.439. The number of benzene rings is 1. The van der Waals surface area contributed by atoms with Crippen LogP contribution in [-0.4, -0.2) is 29.0 Å². The highest BCUT2D eigenvalue weighted by atomic mass is 35.5. The van der Waals surface area contributed by atoms with E-state index in [1.807, 2.05) is 38.4 Å². The summed E-state index contributed by atoms with van der Waals surface area (Å²) in [6, 6.07) is 8.04. The number of hydrogen-bond donors (Lipinski definition) is 0. The summed E-state index contributed by atoms with van der Waals surface area (Å²) in [5, 5.41) is 0.106. The number of nitrogens with zero attached hydrogens (tertiary/aromatic N) is 4. The van der Waals surface area contributed by atoms with E-state index in [1.165, 1.54) is 5.56 Å². The van der Waals surface area contributed by atoms with Crippen molar-refractivity contribution < 1.29 is 4.74 Å². The Hall–Kier alpha value is -1.88. The van der Waals surface area contributed by atoms with Crippen molar-refractivity contribution in [2.75, 3.05) is 19.0 Å². The number of aromatic nitrogens is 3. The molecule has 5 nitrogen and oxygen atoms in total. The van der Waals surface area contributed by atoms with Gasteiger partial charge >= 0.3 is 6.01 Å². The van der Waals surface area contributed by atoms with Gasteiger partial charge in [0.1, 0.15) is 5.75 Å². The van der Waals surface area contributed by atoms with Gasteiger partial charge in [0.15, 0.2) is 0 Å². The highest BCUT2D eigenvalue weighted by molar-refractivity contribution is 6.28. The second-order valence-corrected chi connectivity index (χ2v) is 6.30. The summed E-state index contributed by atoms with van der Waals surface area (Å²) >= 11 is 5.88. The van der Waals surface area contributed by atoms with Crippen LogP contribution in [0.5, 0.6) is 11.8 Å². The molecule has 1 aromatic carbocycles. The summed E-state index contributed by atoms with van der Waals surface area (Å²) in [5.41, 5.74) is 1.34. The number of anilines is 1. The van der Waals surface area contributed by atoms with E-state index in [1.54, 1.807) is 4.90 Å². The molecule has 6 heteroatoms. The van der Waals surface area contributed by atoms with Gasteiger partial charge < -0.3 is 9.64 Å². The minimum atomic E-state index is 0.104. The first-order valence-electron chi connectivity index (χ1n) is 6.63. The average Bonchev–Trinajstić information content (AvgIpc) is 2.37. The van der Waals surface area contributed by atoms with Crippen molar-refractivity contribution in [1.82, 2.24) is 15.0 Å². The molecule has 0 aliphatic carbocycles. The topological polar surface area (TPSA) is 51.1 Å². The normalized spacial score (nSPS) is 11.3. The molecule has 0 saturated heterocycles. The zero-order chi connectivity index (χ0) is 15.6. The highest BCUT2D eigenvalue weighted by Gasteiger charge is 2.14. The van der Waals surface area contributed by atoms with E-state index in [0.29, 0.717) is 11.7 Å². The minimum absolute atomic E-state index is 0.104. The second-order valence-electron chi connectivity index (χ2n) is 5.96. The predicted molar refractivity (Wildman–Crippen MR) is 84.4 cm³/mol. The van der Waals surface area contributed by atoms with Crippen molar-refractivity contribution in [2.45, 2.75) is 26.2 Å². The van der Waals surface area contributed by atoms with Crippen LogP contribution in [0.15, 0.2) is 24.3 Å². The van der Waals surface area contributed by atoms with Gasteiger partial charge in [-0.25, -0.2) is 0 Å². The van der Waals surface area contributed by atoms with Crippen LogP contribution in [0.2, 0.25) is 5.28 Å². The molecule has 0 spiro atoms. The largest absolute Gasteiger partial charge is 0.424 e. The summed E-state index contributed by atoms with van der Waals surface area (Å²) in [6.45, 7) is 6.49. The van der Waals surface area contributed by atoms with E-state index >= 15 is 0 Å². The van der Waals surface area contributed by atoms with E-state index in [9.17, 15) is 0 Å². The first kappa shape index (κ1) is 15.5. The summed E-state index contributed by atoms with van der Waals surface area (Å²) in [5.74, 6) is 1.12. The lowest BCUT2D eigenvalue weighted by Gasteiger charge is -2.19. The zero-order valence-electron chi connectivity index (χ0n) is 12.9. The van der Waals surface area contributed by atoms with E-state index < -0.39 is 0 Å². The maximum absolute atomic E-state index is 5.88. The average molecular weight is 307 g/mol. The third-order valence-corrected chi connectivity index (χ3v) is 3.07. The Morgan fingerprint density at radius 2 is 1.62 bits per heavy atom. The van der Waals surface area contributed by atoms with Gasteiger partial charge in [-0.05, 0) is 34.7 Å². The third-order valence-electron chi connectivity index (χ3n) is 2.91. The molecule has 112 valence electrons. The van der Waals surface area contributed by atoms with Crippen LogP contribution < -0.4 is 9.64 Å². The Morgan fingerprint density at radius 3 is 2.14 bits per heavy atom. The molecular weight excluding hydrogens is 288 g/mol. The summed E-state index contributed by atoms with van der Waals surface area (Å²) < 4.78 is 5.64. The SMILES string of the molecule is CN(C)c1nc(Cl)nc(Oc2ccc(C(C)(C)C)cc2)n1. The summed E-state index contributed by atoms with van der Waals surface area (Å²) in [7, 11) is 3.65. The smallest absolute Gasteiger partial charge is 0.328 e. The van der Waals surface area contributed by atoms with Crippen molar-refractivity contribution in [3.8, 4) is 11.8 Å². The Kier molecular flexibility index (Phi) is 4.32. The predicted octanol–water partition coefficient (Wildman–Crippen LogP) is 3.68. The van der Waals surface area contributed by atoms with Crippen molar-refractivity contribution in [2.24, 2.45) is 0 Å². The van der Waals surface area contributed by atoms with Crippen LogP contribution >= 0.6 is 11.6 Å². The Bertz CT molecular complexity index is 621. The van der Waals surface area contributed by atoms with Crippen molar-refractivity contribution in [1.29, 1.82) is 0 Å². The van der Waals surface area contributed by atoms with Gasteiger partial charge in [0.05, 0.1) is 0 Å². The molecule has 0 fully saturated rings. The zero-order valence-corrected chi connectivity index (χ0v) is 13.6. The van der Waals surface area contributed by atoms with Gasteiger partial charge in [-0.1, -0.05) is 32.9 Å². The molecule has 0 aliphatic heterocycles. The second kappa shape index (κ2) is 5.85. The van der Waals surface area contributed by atoms with Gasteiger partial charge in [0.2, 0.25) is 11.2 Å². The molecule has 1 heterocycles. The van der Waals surface area contributed by atoms with Crippen LogP contribution in [0.4, 0.5) is 5.95 Å². The number of ether oxygens (including phenoxy) is 1. The Morgan fingerprint density at radius 1 is 1.00 bits per heavy atom. The maximum Gasteiger partial charge on any atom is 0.328 e. The fraction of sp³-hybridized carbons (Fsp3) is 0.400. The van der Waals surface area contributed by atoms with E-state index in [4.69, 9.17) is 16.3 Å². The molecule has 2 aromatic rings. The molecule has 0 N–H and O–H groups in total. The van der Waals surface area contributed by atoms with Crippen molar-refractivity contribution in [3.05, 3.63) is 35.1 Å². The quantitative estimate of drug-likeness (QED) is 0.865. The standard InChI is InChI=1S/C15H19ClN4O/c1-15(2,3)10-6-8-11(9-7-10)21-14-18-12(16)17-13(19-14)20(4)5/h6-9H,1-5H3. The van der Waals surface area contributed by atoms with Crippen LogP contribution in [0, 0.1) is 0 Å². The van der Waals surface area contributed by atoms with Crippen LogP contribution in [-0.2, 0) is 5.41 Å². The van der Waals surface area contributed by atoms with E-state index in [2.05, 4.69) is 35.7 Å². The first-order valence-corrected chi connectivity index (χ1v) is 7.01. The monoisotopic (exact) mass is 306 g/mol. The molecule has 0 radical (unpaired) electrons. The molecule has 0 amide bonds. The number of hydrogen-bond acceptors (Lipinski definition) is 5. The first-order chi connectivity index (χ1) is 9.75. The minimum Gasteiger partial charge on any atom is -0.424 e. The number of halogens is 1. The fourth-order valence-corrected chi connectivity index (χ4v) is 1.84. The lowest BCUT2D eigenvalue weighted by Crippen LogP contribution is -2.13. The fourth-order valence-electron chi connectivity index (χ4n) is 1.70. The van der Waals surface area contributed by atoms with Gasteiger partial charge in [0.25, 0.3) is 0 Å². The van der Waals surface area contributed by atoms with Crippen LogP contribution in [0.25, 0.3) is 0 Å². The van der Waals surface area contributed by atoms with Gasteiger partial charge in [-0.3, -0.25) is 0 Å². The molecule has 0 bridgehead atoms. The van der Waals surface area contributed by atoms with Crippen molar-refractivity contribution in [3.63, 3.8) is 0 Å². The lowest BCUT2D eigenvalue weighted by atomic mass is 9.87. The van der Waals surface area contributed by atoms with Gasteiger partial charge in [0, 0.05) is 14.1 Å². The molecule has 0 aliphatic rings. The number of rotatable bonds is 3. The third kappa shape index (κ3) is 4.04. The van der Waals surface area contributed by atoms with Crippen LogP contribution in [0.3, 0.4) is 0 Å². The molecule has 0 atom stereocenters. The molecule has 0 saturated carbocycles. The molecule has 0 unspecified atom stereocenters. The van der Waals surface area contributed by atoms with Gasteiger partial charge in [-0.2, -0.15) is 15.0 Å². The molecular formula is C15H19ClN4O. The van der Waals surface area contributed by atoms with Crippen molar-refractivity contribution >= 4 is 17.5 Å². The maximum atomic E-state index is 5.88. The van der Waals surface area contributed by atoms with Gasteiger partial charge in [-0.15, -0.1) is 0 Å². The van der Waals surface area contributed by atoms with Crippen LogP contribution in [0.1, 0.15) is 26.3 Å². The molecule has 1 aromatic heterocycles. The molecule has 2 rings (SSSR count).